The van der Waals surface area contributed by atoms with Crippen molar-refractivity contribution in [1.29, 1.82) is 0 Å². The number of hydrogen-bond donors (Lipinski definition) is 1. The van der Waals surface area contributed by atoms with Crippen LogP contribution in [-0.4, -0.2) is 39.2 Å². The van der Waals surface area contributed by atoms with Crippen molar-refractivity contribution >= 4 is 23.8 Å². The Balaban J connectivity index is 2.06. The van der Waals surface area contributed by atoms with Crippen LogP contribution in [0.25, 0.3) is 0 Å². The zero-order chi connectivity index (χ0) is 16.1. The molecule has 0 spiro atoms. The molecular weight excluding hydrogens is 302 g/mol. The number of aliphatic carboxylic acids is 1. The first-order valence-electron chi connectivity index (χ1n) is 7.38. The molecule has 1 N–H and O–H groups in total. The molecule has 2 rings (SSSR count). The largest absolute Gasteiger partial charge is 0.480 e. The topological polar surface area (TPSA) is 66.8 Å². The Labute approximate surface area is 134 Å². The molecule has 5 nitrogen and oxygen atoms in total. The number of thioether (sulfide) groups is 1. The van der Waals surface area contributed by atoms with E-state index in [9.17, 15) is 14.7 Å². The Kier molecular flexibility index (Phi) is 5.71. The third kappa shape index (κ3) is 3.74. The SMILES string of the molecule is CCC(C)C1SCC(C(=O)O)N1C(=O)OCc1ccccc1. The molecule has 1 aromatic rings. The van der Waals surface area contributed by atoms with E-state index < -0.39 is 18.1 Å². The third-order valence-electron chi connectivity index (χ3n) is 3.87. The molecule has 1 saturated heterocycles. The van der Waals surface area contributed by atoms with Crippen LogP contribution >= 0.6 is 11.8 Å². The lowest BCUT2D eigenvalue weighted by atomic mass is 10.1. The maximum absolute atomic E-state index is 12.4. The lowest BCUT2D eigenvalue weighted by Crippen LogP contribution is -2.47. The van der Waals surface area contributed by atoms with Gasteiger partial charge in [-0.2, -0.15) is 0 Å². The van der Waals surface area contributed by atoms with Gasteiger partial charge in [0.05, 0.1) is 5.37 Å². The van der Waals surface area contributed by atoms with Crippen LogP contribution in [0.2, 0.25) is 0 Å². The summed E-state index contributed by atoms with van der Waals surface area (Å²) in [5.41, 5.74) is 0.884. The molecule has 3 atom stereocenters. The van der Waals surface area contributed by atoms with E-state index in [0.717, 1.165) is 12.0 Å². The standard InChI is InChI=1S/C16H21NO4S/c1-3-11(2)14-17(13(10-22-14)15(18)19)16(20)21-9-12-7-5-4-6-8-12/h4-8,11,13-14H,3,9-10H2,1-2H3,(H,18,19). The van der Waals surface area contributed by atoms with Crippen LogP contribution in [-0.2, 0) is 16.1 Å². The van der Waals surface area contributed by atoms with Crippen LogP contribution in [0.4, 0.5) is 4.79 Å². The molecule has 1 aliphatic heterocycles. The Morgan fingerprint density at radius 3 is 2.68 bits per heavy atom. The Morgan fingerprint density at radius 1 is 1.41 bits per heavy atom. The summed E-state index contributed by atoms with van der Waals surface area (Å²) >= 11 is 1.51. The Hall–Kier alpha value is -1.69. The number of rotatable bonds is 5. The number of hydrogen-bond acceptors (Lipinski definition) is 4. The molecule has 0 saturated carbocycles. The summed E-state index contributed by atoms with van der Waals surface area (Å²) in [6.45, 7) is 4.21. The molecule has 6 heteroatoms. The number of ether oxygens (including phenoxy) is 1. The molecule has 1 aromatic carbocycles. The lowest BCUT2D eigenvalue weighted by molar-refractivity contribution is -0.141. The van der Waals surface area contributed by atoms with Crippen LogP contribution in [0.1, 0.15) is 25.8 Å². The summed E-state index contributed by atoms with van der Waals surface area (Å²) in [6, 6.07) is 8.56. The van der Waals surface area contributed by atoms with E-state index in [2.05, 4.69) is 0 Å². The third-order valence-corrected chi connectivity index (χ3v) is 5.41. The summed E-state index contributed by atoms with van der Waals surface area (Å²) in [5.74, 6) is -0.348. The van der Waals surface area contributed by atoms with Gasteiger partial charge >= 0.3 is 12.1 Å². The minimum Gasteiger partial charge on any atom is -0.480 e. The average Bonchev–Trinajstić information content (AvgIpc) is 2.98. The van der Waals surface area contributed by atoms with Crippen molar-refractivity contribution in [1.82, 2.24) is 4.90 Å². The molecule has 0 bridgehead atoms. The first-order valence-corrected chi connectivity index (χ1v) is 8.42. The molecule has 1 amide bonds. The maximum atomic E-state index is 12.4. The van der Waals surface area contributed by atoms with Gasteiger partial charge in [-0.3, -0.25) is 4.90 Å². The minimum absolute atomic E-state index is 0.144. The normalized spacial score (nSPS) is 22.4. The highest BCUT2D eigenvalue weighted by molar-refractivity contribution is 8.00. The maximum Gasteiger partial charge on any atom is 0.411 e. The van der Waals surface area contributed by atoms with E-state index in [1.807, 2.05) is 44.2 Å². The second-order valence-electron chi connectivity index (χ2n) is 5.41. The van der Waals surface area contributed by atoms with E-state index in [0.29, 0.717) is 5.75 Å². The fourth-order valence-corrected chi connectivity index (χ4v) is 3.98. The Bertz CT molecular complexity index is 522. The van der Waals surface area contributed by atoms with Crippen molar-refractivity contribution in [3.05, 3.63) is 35.9 Å². The summed E-state index contributed by atoms with van der Waals surface area (Å²) in [6.07, 6.45) is 0.332. The van der Waals surface area contributed by atoms with E-state index in [4.69, 9.17) is 4.74 Å². The van der Waals surface area contributed by atoms with Crippen LogP contribution in [0.15, 0.2) is 30.3 Å². The number of carbonyl (C=O) groups excluding carboxylic acids is 1. The van der Waals surface area contributed by atoms with Gasteiger partial charge in [0.15, 0.2) is 0 Å². The predicted molar refractivity (Wildman–Crippen MR) is 85.6 cm³/mol. The zero-order valence-corrected chi connectivity index (χ0v) is 13.6. The molecule has 1 aliphatic rings. The molecule has 22 heavy (non-hydrogen) atoms. The molecule has 0 aromatic heterocycles. The first-order chi connectivity index (χ1) is 10.5. The highest BCUT2D eigenvalue weighted by atomic mass is 32.2. The monoisotopic (exact) mass is 323 g/mol. The van der Waals surface area contributed by atoms with Gasteiger partial charge in [-0.1, -0.05) is 50.6 Å². The molecule has 1 heterocycles. The van der Waals surface area contributed by atoms with Crippen molar-refractivity contribution in [2.75, 3.05) is 5.75 Å². The van der Waals surface area contributed by atoms with Crippen molar-refractivity contribution in [3.8, 4) is 0 Å². The van der Waals surface area contributed by atoms with Gasteiger partial charge in [-0.05, 0) is 11.5 Å². The minimum atomic E-state index is -0.977. The first kappa shape index (κ1) is 16.7. The van der Waals surface area contributed by atoms with Crippen LogP contribution in [0.5, 0.6) is 0 Å². The predicted octanol–water partition coefficient (Wildman–Crippen LogP) is 3.20. The van der Waals surface area contributed by atoms with Crippen LogP contribution in [0, 0.1) is 5.92 Å². The fraction of sp³-hybridized carbons (Fsp3) is 0.500. The van der Waals surface area contributed by atoms with Gasteiger partial charge in [0.1, 0.15) is 12.6 Å². The van der Waals surface area contributed by atoms with Crippen molar-refractivity contribution < 1.29 is 19.4 Å². The number of benzene rings is 1. The van der Waals surface area contributed by atoms with Crippen molar-refractivity contribution in [2.45, 2.75) is 38.3 Å². The molecule has 0 radical (unpaired) electrons. The average molecular weight is 323 g/mol. The second kappa shape index (κ2) is 7.54. The van der Waals surface area contributed by atoms with Crippen LogP contribution < -0.4 is 0 Å². The summed E-state index contributed by atoms with van der Waals surface area (Å²) in [4.78, 5) is 25.2. The summed E-state index contributed by atoms with van der Waals surface area (Å²) < 4.78 is 5.33. The van der Waals surface area contributed by atoms with E-state index in [1.165, 1.54) is 16.7 Å². The van der Waals surface area contributed by atoms with Gasteiger partial charge in [-0.25, -0.2) is 9.59 Å². The number of carboxylic acids is 1. The molecular formula is C16H21NO4S. The molecule has 3 unspecified atom stereocenters. The van der Waals surface area contributed by atoms with Crippen LogP contribution in [0.3, 0.4) is 0 Å². The van der Waals surface area contributed by atoms with Gasteiger partial charge < -0.3 is 9.84 Å². The quantitative estimate of drug-likeness (QED) is 0.901. The van der Waals surface area contributed by atoms with E-state index in [1.54, 1.807) is 0 Å². The molecule has 120 valence electrons. The van der Waals surface area contributed by atoms with Crippen molar-refractivity contribution in [2.24, 2.45) is 5.92 Å². The molecule has 1 fully saturated rings. The van der Waals surface area contributed by atoms with Gasteiger partial charge in [-0.15, -0.1) is 11.8 Å². The summed E-state index contributed by atoms with van der Waals surface area (Å²) in [7, 11) is 0. The van der Waals surface area contributed by atoms with Gasteiger partial charge in [0.25, 0.3) is 0 Å². The van der Waals surface area contributed by atoms with E-state index in [-0.39, 0.29) is 17.9 Å². The Morgan fingerprint density at radius 2 is 2.09 bits per heavy atom. The number of amides is 1. The second-order valence-corrected chi connectivity index (χ2v) is 6.56. The highest BCUT2D eigenvalue weighted by Gasteiger charge is 2.44. The smallest absolute Gasteiger partial charge is 0.411 e. The number of carboxylic acid groups (broad SMARTS) is 1. The zero-order valence-electron chi connectivity index (χ0n) is 12.8. The summed E-state index contributed by atoms with van der Waals surface area (Å²) in [5, 5.41) is 9.18. The number of nitrogens with zero attached hydrogens (tertiary/aromatic N) is 1. The highest BCUT2D eigenvalue weighted by Crippen LogP contribution is 2.36. The lowest BCUT2D eigenvalue weighted by Gasteiger charge is -2.29. The van der Waals surface area contributed by atoms with Gasteiger partial charge in [0, 0.05) is 5.75 Å². The number of carbonyl (C=O) groups is 2. The van der Waals surface area contributed by atoms with Gasteiger partial charge in [0.2, 0.25) is 0 Å². The van der Waals surface area contributed by atoms with E-state index >= 15 is 0 Å². The van der Waals surface area contributed by atoms with Crippen molar-refractivity contribution in [3.63, 3.8) is 0 Å². The fourth-order valence-electron chi connectivity index (χ4n) is 2.38. The molecule has 0 aliphatic carbocycles.